The molecule has 2 aromatic carbocycles. The van der Waals surface area contributed by atoms with Crippen LogP contribution in [0.3, 0.4) is 0 Å². The first-order chi connectivity index (χ1) is 13.6. The Hall–Kier alpha value is -1.64. The summed E-state index contributed by atoms with van der Waals surface area (Å²) in [5.74, 6) is 1.21. The number of nitrogens with zero attached hydrogens (tertiary/aromatic N) is 2. The van der Waals surface area contributed by atoms with E-state index in [9.17, 15) is 0 Å². The number of rotatable bonds is 10. The van der Waals surface area contributed by atoms with Gasteiger partial charge < -0.3 is 20.3 Å². The van der Waals surface area contributed by atoms with Crippen LogP contribution in [0.25, 0.3) is 0 Å². The molecule has 29 heavy (non-hydrogen) atoms. The second kappa shape index (κ2) is 14.4. The summed E-state index contributed by atoms with van der Waals surface area (Å²) in [6.07, 6.45) is 0. The highest BCUT2D eigenvalue weighted by molar-refractivity contribution is 14.0. The highest BCUT2D eigenvalue weighted by Crippen LogP contribution is 2.06. The zero-order chi connectivity index (χ0) is 20.2. The molecule has 1 unspecified atom stereocenters. The largest absolute Gasteiger partial charge is 0.376 e. The van der Waals surface area contributed by atoms with Gasteiger partial charge in [0.1, 0.15) is 0 Å². The van der Waals surface area contributed by atoms with Crippen LogP contribution in [0.1, 0.15) is 23.6 Å². The monoisotopic (exact) mass is 510 g/mol. The van der Waals surface area contributed by atoms with E-state index in [-0.39, 0.29) is 24.0 Å². The average Bonchev–Trinajstić information content (AvgIpc) is 2.69. The van der Waals surface area contributed by atoms with Gasteiger partial charge in [0.05, 0.1) is 13.2 Å². The second-order valence-electron chi connectivity index (χ2n) is 7.47. The van der Waals surface area contributed by atoms with Crippen molar-refractivity contribution >= 4 is 29.9 Å². The van der Waals surface area contributed by atoms with Crippen molar-refractivity contribution in [1.29, 1.82) is 0 Å². The molecule has 0 bridgehead atoms. The van der Waals surface area contributed by atoms with Crippen molar-refractivity contribution in [3.8, 4) is 0 Å². The molecule has 6 heteroatoms. The third-order valence-corrected chi connectivity index (χ3v) is 4.34. The minimum atomic E-state index is 0. The molecule has 0 amide bonds. The summed E-state index contributed by atoms with van der Waals surface area (Å²) in [5.41, 5.74) is 3.77. The lowest BCUT2D eigenvalue weighted by molar-refractivity contribution is 0.0931. The van der Waals surface area contributed by atoms with Gasteiger partial charge in [-0.15, -0.1) is 24.0 Å². The Morgan fingerprint density at radius 3 is 2.24 bits per heavy atom. The second-order valence-corrected chi connectivity index (χ2v) is 7.47. The Balaban J connectivity index is 0.00000420. The van der Waals surface area contributed by atoms with Gasteiger partial charge in [-0.25, -0.2) is 0 Å². The molecule has 5 nitrogen and oxygen atoms in total. The first kappa shape index (κ1) is 25.4. The van der Waals surface area contributed by atoms with Gasteiger partial charge in [-0.3, -0.25) is 4.99 Å². The number of halogens is 1. The number of ether oxygens (including phenoxy) is 1. The van der Waals surface area contributed by atoms with E-state index in [0.717, 1.165) is 25.6 Å². The Kier molecular flexibility index (Phi) is 12.6. The van der Waals surface area contributed by atoms with Crippen molar-refractivity contribution in [1.82, 2.24) is 15.5 Å². The number of benzene rings is 2. The van der Waals surface area contributed by atoms with Crippen molar-refractivity contribution in [2.45, 2.75) is 26.6 Å². The number of guanidine groups is 1. The summed E-state index contributed by atoms with van der Waals surface area (Å²) in [7, 11) is 5.96. The van der Waals surface area contributed by atoms with Crippen LogP contribution >= 0.6 is 24.0 Å². The summed E-state index contributed by atoms with van der Waals surface area (Å²) in [6.45, 7) is 6.07. The Bertz CT molecular complexity index is 705. The predicted molar refractivity (Wildman–Crippen MR) is 133 cm³/mol. The van der Waals surface area contributed by atoms with Gasteiger partial charge in [-0.1, -0.05) is 61.5 Å². The van der Waals surface area contributed by atoms with Crippen LogP contribution in [0.2, 0.25) is 0 Å². The van der Waals surface area contributed by atoms with Crippen LogP contribution in [0, 0.1) is 5.92 Å². The van der Waals surface area contributed by atoms with E-state index < -0.39 is 0 Å². The lowest BCUT2D eigenvalue weighted by Gasteiger charge is -2.16. The van der Waals surface area contributed by atoms with E-state index in [1.54, 1.807) is 7.05 Å². The maximum Gasteiger partial charge on any atom is 0.191 e. The molecule has 0 aliphatic rings. The molecule has 0 aromatic heterocycles. The smallest absolute Gasteiger partial charge is 0.191 e. The van der Waals surface area contributed by atoms with Crippen LogP contribution < -0.4 is 10.6 Å². The van der Waals surface area contributed by atoms with E-state index >= 15 is 0 Å². The van der Waals surface area contributed by atoms with Gasteiger partial charge in [-0.2, -0.15) is 0 Å². The molecule has 0 heterocycles. The van der Waals surface area contributed by atoms with Gasteiger partial charge in [0.25, 0.3) is 0 Å². The van der Waals surface area contributed by atoms with Crippen molar-refractivity contribution in [2.24, 2.45) is 10.9 Å². The molecular formula is C23H35IN4O. The highest BCUT2D eigenvalue weighted by atomic mass is 127. The molecule has 0 saturated carbocycles. The average molecular weight is 510 g/mol. The summed E-state index contributed by atoms with van der Waals surface area (Å²) in [4.78, 5) is 6.48. The Morgan fingerprint density at radius 1 is 0.966 bits per heavy atom. The summed E-state index contributed by atoms with van der Waals surface area (Å²) in [5, 5.41) is 6.75. The SMILES string of the molecule is CN=C(NCc1ccc(CN(C)C)cc1)NCC(C)COCc1ccccc1.I. The fraction of sp³-hybridized carbons (Fsp3) is 0.435. The first-order valence-electron chi connectivity index (χ1n) is 9.85. The van der Waals surface area contributed by atoms with Crippen LogP contribution in [-0.4, -0.2) is 45.2 Å². The lowest BCUT2D eigenvalue weighted by atomic mass is 10.1. The fourth-order valence-corrected chi connectivity index (χ4v) is 2.82. The van der Waals surface area contributed by atoms with Crippen LogP contribution in [0.5, 0.6) is 0 Å². The predicted octanol–water partition coefficient (Wildman–Crippen LogP) is 3.88. The van der Waals surface area contributed by atoms with E-state index in [0.29, 0.717) is 19.1 Å². The van der Waals surface area contributed by atoms with Gasteiger partial charge in [0.2, 0.25) is 0 Å². The topological polar surface area (TPSA) is 48.9 Å². The van der Waals surface area contributed by atoms with E-state index in [1.807, 2.05) is 18.2 Å². The summed E-state index contributed by atoms with van der Waals surface area (Å²) >= 11 is 0. The minimum absolute atomic E-state index is 0. The van der Waals surface area contributed by atoms with Crippen molar-refractivity contribution in [3.63, 3.8) is 0 Å². The molecule has 0 saturated heterocycles. The Labute approximate surface area is 193 Å². The molecule has 0 spiro atoms. The van der Waals surface area contributed by atoms with Crippen LogP contribution in [-0.2, 0) is 24.4 Å². The zero-order valence-electron chi connectivity index (χ0n) is 18.0. The summed E-state index contributed by atoms with van der Waals surface area (Å²) < 4.78 is 5.81. The van der Waals surface area contributed by atoms with Crippen molar-refractivity contribution in [3.05, 3.63) is 71.3 Å². The van der Waals surface area contributed by atoms with E-state index in [2.05, 4.69) is 77.9 Å². The van der Waals surface area contributed by atoms with Crippen LogP contribution in [0.4, 0.5) is 0 Å². The fourth-order valence-electron chi connectivity index (χ4n) is 2.82. The molecule has 2 N–H and O–H groups in total. The lowest BCUT2D eigenvalue weighted by Crippen LogP contribution is -2.39. The molecule has 160 valence electrons. The molecule has 0 aliphatic heterocycles. The Morgan fingerprint density at radius 2 is 1.62 bits per heavy atom. The standard InChI is InChI=1S/C23H34N4O.HI/c1-19(17-28-18-22-8-6-5-7-9-22)14-25-23(24-2)26-15-20-10-12-21(13-11-20)16-27(3)4;/h5-13,19H,14-18H2,1-4H3,(H2,24,25,26);1H. The number of hydrogen-bond acceptors (Lipinski definition) is 3. The minimum Gasteiger partial charge on any atom is -0.376 e. The van der Waals surface area contributed by atoms with Crippen LogP contribution in [0.15, 0.2) is 59.6 Å². The quantitative estimate of drug-likeness (QED) is 0.290. The van der Waals surface area contributed by atoms with Gasteiger partial charge in [0.15, 0.2) is 5.96 Å². The van der Waals surface area contributed by atoms with Gasteiger partial charge in [-0.05, 0) is 36.7 Å². The molecule has 0 aliphatic carbocycles. The third kappa shape index (κ3) is 10.6. The normalized spacial score (nSPS) is 12.4. The number of nitrogens with one attached hydrogen (secondary N) is 2. The van der Waals surface area contributed by atoms with Crippen molar-refractivity contribution in [2.75, 3.05) is 34.3 Å². The van der Waals surface area contributed by atoms with Crippen molar-refractivity contribution < 1.29 is 4.74 Å². The van der Waals surface area contributed by atoms with E-state index in [1.165, 1.54) is 16.7 Å². The molecule has 0 radical (unpaired) electrons. The maximum absolute atomic E-state index is 5.81. The van der Waals surface area contributed by atoms with Gasteiger partial charge in [0, 0.05) is 26.7 Å². The highest BCUT2D eigenvalue weighted by Gasteiger charge is 2.05. The molecule has 2 rings (SSSR count). The number of hydrogen-bond donors (Lipinski definition) is 2. The molecule has 1 atom stereocenters. The first-order valence-corrected chi connectivity index (χ1v) is 9.85. The van der Waals surface area contributed by atoms with Gasteiger partial charge >= 0.3 is 0 Å². The summed E-state index contributed by atoms with van der Waals surface area (Å²) in [6, 6.07) is 19.0. The molecular weight excluding hydrogens is 475 g/mol. The number of aliphatic imine (C=N–C) groups is 1. The van der Waals surface area contributed by atoms with E-state index in [4.69, 9.17) is 4.74 Å². The third-order valence-electron chi connectivity index (χ3n) is 4.34. The zero-order valence-corrected chi connectivity index (χ0v) is 20.4. The molecule has 0 fully saturated rings. The maximum atomic E-state index is 5.81. The molecule has 2 aromatic rings.